The zero-order valence-corrected chi connectivity index (χ0v) is 23.1. The van der Waals surface area contributed by atoms with E-state index >= 15 is 0 Å². The molecule has 43 heavy (non-hydrogen) atoms. The molecule has 1 fully saturated rings. The second-order valence-electron chi connectivity index (χ2n) is 9.72. The van der Waals surface area contributed by atoms with Crippen LogP contribution in [0.3, 0.4) is 0 Å². The Bertz CT molecular complexity index is 1540. The van der Waals surface area contributed by atoms with Crippen molar-refractivity contribution in [3.05, 3.63) is 106 Å². The molecule has 0 spiro atoms. The number of hydrogen-bond acceptors (Lipinski definition) is 5. The summed E-state index contributed by atoms with van der Waals surface area (Å²) in [6, 6.07) is 16.3. The molecule has 0 unspecified atom stereocenters. The van der Waals surface area contributed by atoms with Gasteiger partial charge in [0.1, 0.15) is 5.71 Å². The highest BCUT2D eigenvalue weighted by atomic mass is 35.5. The number of hydrogen-bond donors (Lipinski definition) is 2. The molecule has 1 saturated heterocycles. The standard InChI is InChI=1S/C30H24ClF6N3O3/c1-43-28(42)22-16-40(15-21(22)17-10-12-20(13-11-17)29(32,33)34)27(41)19-8-6-18(7-9-19)25(14-26(38)30(35,36)37)39-24-5-3-2-4-23(24)31/h2-14,21-22,38-39H,15-16H2,1H3/b25-14-,38-26?/t21-,22+/m0/s1. The highest BCUT2D eigenvalue weighted by molar-refractivity contribution is 6.33. The van der Waals surface area contributed by atoms with Gasteiger partial charge in [0, 0.05) is 30.3 Å². The van der Waals surface area contributed by atoms with Crippen LogP contribution < -0.4 is 5.32 Å². The predicted octanol–water partition coefficient (Wildman–Crippen LogP) is 7.42. The van der Waals surface area contributed by atoms with Gasteiger partial charge in [-0.15, -0.1) is 0 Å². The van der Waals surface area contributed by atoms with Crippen LogP contribution in [0, 0.1) is 11.3 Å². The first-order chi connectivity index (χ1) is 20.2. The zero-order chi connectivity index (χ0) is 31.5. The molecule has 0 aromatic heterocycles. The number of anilines is 1. The summed E-state index contributed by atoms with van der Waals surface area (Å²) in [5, 5.41) is 10.5. The van der Waals surface area contributed by atoms with Gasteiger partial charge < -0.3 is 15.0 Å². The topological polar surface area (TPSA) is 82.5 Å². The Morgan fingerprint density at radius 2 is 1.53 bits per heavy atom. The Balaban J connectivity index is 1.59. The first kappa shape index (κ1) is 31.6. The minimum Gasteiger partial charge on any atom is -0.469 e. The fraction of sp³-hybridized carbons (Fsp3) is 0.233. The Hall–Kier alpha value is -4.32. The summed E-state index contributed by atoms with van der Waals surface area (Å²) in [6.07, 6.45) is -8.83. The van der Waals surface area contributed by atoms with E-state index in [1.54, 1.807) is 18.2 Å². The van der Waals surface area contributed by atoms with Crippen LogP contribution >= 0.6 is 11.6 Å². The Morgan fingerprint density at radius 1 is 0.930 bits per heavy atom. The van der Waals surface area contributed by atoms with Crippen molar-refractivity contribution < 1.29 is 40.7 Å². The number of carbonyl (C=O) groups excluding carboxylic acids is 2. The molecule has 1 heterocycles. The summed E-state index contributed by atoms with van der Waals surface area (Å²) >= 11 is 6.15. The number of nitrogens with one attached hydrogen (secondary N) is 2. The first-order valence-electron chi connectivity index (χ1n) is 12.7. The average Bonchev–Trinajstić information content (AvgIpc) is 3.42. The number of benzene rings is 3. The number of methoxy groups -OCH3 is 1. The van der Waals surface area contributed by atoms with Crippen molar-refractivity contribution in [2.24, 2.45) is 5.92 Å². The van der Waals surface area contributed by atoms with E-state index in [1.807, 2.05) is 0 Å². The van der Waals surface area contributed by atoms with Gasteiger partial charge >= 0.3 is 18.3 Å². The third-order valence-corrected chi connectivity index (χ3v) is 7.29. The fourth-order valence-corrected chi connectivity index (χ4v) is 4.90. The second-order valence-corrected chi connectivity index (χ2v) is 10.1. The van der Waals surface area contributed by atoms with Crippen LogP contribution in [0.5, 0.6) is 0 Å². The number of alkyl halides is 6. The normalized spacial score (nSPS) is 17.5. The Morgan fingerprint density at radius 3 is 2.09 bits per heavy atom. The summed E-state index contributed by atoms with van der Waals surface area (Å²) in [4.78, 5) is 27.3. The number of likely N-dealkylation sites (tertiary alicyclic amines) is 1. The van der Waals surface area contributed by atoms with Gasteiger partial charge in [-0.05, 0) is 53.6 Å². The van der Waals surface area contributed by atoms with E-state index in [4.69, 9.17) is 21.7 Å². The molecule has 4 rings (SSSR count). The third kappa shape index (κ3) is 7.37. The van der Waals surface area contributed by atoms with Gasteiger partial charge in [0.05, 0.1) is 29.3 Å². The number of nitrogens with zero attached hydrogens (tertiary/aromatic N) is 1. The molecule has 1 amide bonds. The Kier molecular flexibility index (Phi) is 9.19. The maximum atomic E-state index is 13.4. The van der Waals surface area contributed by atoms with Gasteiger partial charge in [0.2, 0.25) is 0 Å². The van der Waals surface area contributed by atoms with Crippen molar-refractivity contribution in [3.63, 3.8) is 0 Å². The van der Waals surface area contributed by atoms with Crippen LogP contribution in [-0.4, -0.2) is 48.9 Å². The second kappa shape index (κ2) is 12.5. The lowest BCUT2D eigenvalue weighted by atomic mass is 9.88. The molecule has 1 aliphatic heterocycles. The van der Waals surface area contributed by atoms with Crippen LogP contribution in [0.15, 0.2) is 78.9 Å². The van der Waals surface area contributed by atoms with Crippen LogP contribution in [0.1, 0.15) is 33.0 Å². The van der Waals surface area contributed by atoms with Crippen molar-refractivity contribution in [1.82, 2.24) is 4.90 Å². The van der Waals surface area contributed by atoms with Gasteiger partial charge in [-0.2, -0.15) is 26.3 Å². The third-order valence-electron chi connectivity index (χ3n) is 6.96. The highest BCUT2D eigenvalue weighted by Gasteiger charge is 2.42. The number of rotatable bonds is 7. The molecule has 0 saturated carbocycles. The quantitative estimate of drug-likeness (QED) is 0.163. The molecular weight excluding hydrogens is 600 g/mol. The van der Waals surface area contributed by atoms with Gasteiger partial charge in [0.25, 0.3) is 5.91 Å². The van der Waals surface area contributed by atoms with E-state index in [0.29, 0.717) is 17.3 Å². The molecule has 0 bridgehead atoms. The average molecular weight is 624 g/mol. The van der Waals surface area contributed by atoms with E-state index in [9.17, 15) is 35.9 Å². The van der Waals surface area contributed by atoms with E-state index in [0.717, 1.165) is 12.1 Å². The molecule has 13 heteroatoms. The predicted molar refractivity (Wildman–Crippen MR) is 149 cm³/mol. The van der Waals surface area contributed by atoms with E-state index in [-0.39, 0.29) is 34.9 Å². The van der Waals surface area contributed by atoms with Gasteiger partial charge in [-0.1, -0.05) is 48.0 Å². The molecule has 2 atom stereocenters. The summed E-state index contributed by atoms with van der Waals surface area (Å²) in [5.41, 5.74) is -1.44. The summed E-state index contributed by atoms with van der Waals surface area (Å²) in [5.74, 6) is -2.57. The first-order valence-corrected chi connectivity index (χ1v) is 13.1. The lowest BCUT2D eigenvalue weighted by molar-refractivity contribution is -0.145. The zero-order valence-electron chi connectivity index (χ0n) is 22.4. The molecule has 0 aliphatic carbocycles. The molecular formula is C30H24ClF6N3O3. The summed E-state index contributed by atoms with van der Waals surface area (Å²) in [6.45, 7) is -0.0332. The number of halogens is 7. The maximum Gasteiger partial charge on any atom is 0.432 e. The summed E-state index contributed by atoms with van der Waals surface area (Å²) < 4.78 is 83.5. The highest BCUT2D eigenvalue weighted by Crippen LogP contribution is 2.37. The van der Waals surface area contributed by atoms with Crippen LogP contribution in [0.2, 0.25) is 5.02 Å². The van der Waals surface area contributed by atoms with Gasteiger partial charge in [-0.3, -0.25) is 15.0 Å². The largest absolute Gasteiger partial charge is 0.469 e. The van der Waals surface area contributed by atoms with Gasteiger partial charge in [0.15, 0.2) is 0 Å². The van der Waals surface area contributed by atoms with Crippen molar-refractivity contribution in [3.8, 4) is 0 Å². The maximum absolute atomic E-state index is 13.4. The van der Waals surface area contributed by atoms with Crippen molar-refractivity contribution in [2.75, 3.05) is 25.5 Å². The number of esters is 1. The minimum atomic E-state index is -4.90. The number of carbonyl (C=O) groups is 2. The number of para-hydroxylation sites is 1. The minimum absolute atomic E-state index is 0.0215. The van der Waals surface area contributed by atoms with Crippen LogP contribution in [0.4, 0.5) is 32.0 Å². The molecule has 0 radical (unpaired) electrons. The monoisotopic (exact) mass is 623 g/mol. The molecule has 3 aromatic carbocycles. The van der Waals surface area contributed by atoms with Gasteiger partial charge in [-0.25, -0.2) is 0 Å². The number of allylic oxidation sites excluding steroid dienone is 1. The van der Waals surface area contributed by atoms with E-state index < -0.39 is 47.3 Å². The molecule has 3 aromatic rings. The smallest absolute Gasteiger partial charge is 0.432 e. The molecule has 226 valence electrons. The van der Waals surface area contributed by atoms with Crippen LogP contribution in [-0.2, 0) is 15.7 Å². The molecule has 6 nitrogen and oxygen atoms in total. The fourth-order valence-electron chi connectivity index (χ4n) is 4.72. The number of ether oxygens (including phenoxy) is 1. The Labute approximate surface area is 247 Å². The number of amides is 1. The van der Waals surface area contributed by atoms with Crippen LogP contribution in [0.25, 0.3) is 5.70 Å². The lowest BCUT2D eigenvalue weighted by Crippen LogP contribution is -2.30. The van der Waals surface area contributed by atoms with Crippen molar-refractivity contribution in [1.29, 1.82) is 5.41 Å². The van der Waals surface area contributed by atoms with E-state index in [2.05, 4.69) is 5.32 Å². The molecule has 2 N–H and O–H groups in total. The van der Waals surface area contributed by atoms with Crippen molar-refractivity contribution in [2.45, 2.75) is 18.3 Å². The van der Waals surface area contributed by atoms with Crippen molar-refractivity contribution >= 4 is 40.6 Å². The lowest BCUT2D eigenvalue weighted by Gasteiger charge is -2.18. The SMILES string of the molecule is COC(=O)[C@@H]1CN(C(=O)c2ccc(/C(=C/C(=N)C(F)(F)F)Nc3ccccc3Cl)cc2)C[C@H]1c1ccc(C(F)(F)F)cc1. The van der Waals surface area contributed by atoms with E-state index in [1.165, 1.54) is 54.5 Å². The molecule has 1 aliphatic rings. The summed E-state index contributed by atoms with van der Waals surface area (Å²) in [7, 11) is 1.18.